The highest BCUT2D eigenvalue weighted by molar-refractivity contribution is 7.22. The molecule has 54 heavy (non-hydrogen) atoms. The maximum absolute atomic E-state index is 14.3. The maximum Gasteiger partial charge on any atom is 0.188 e. The Balaban J connectivity index is 1.17. The second kappa shape index (κ2) is 12.6. The molecule has 2 saturated carbocycles. The summed E-state index contributed by atoms with van der Waals surface area (Å²) in [5.41, 5.74) is 7.65. The third kappa shape index (κ3) is 5.13. The number of anilines is 3. The molecule has 8 nitrogen and oxygen atoms in total. The van der Waals surface area contributed by atoms with Crippen molar-refractivity contribution in [3.05, 3.63) is 96.1 Å². The molecule has 0 radical (unpaired) electrons. The van der Waals surface area contributed by atoms with Gasteiger partial charge in [0.1, 0.15) is 39.4 Å². The summed E-state index contributed by atoms with van der Waals surface area (Å²) in [7, 11) is 0. The normalized spacial score (nSPS) is 20.1. The third-order valence-corrected chi connectivity index (χ3v) is 13.0. The number of hydrogen-bond donors (Lipinski definition) is 0. The molecule has 0 amide bonds. The lowest BCUT2D eigenvalue weighted by Gasteiger charge is -2.27. The number of benzene rings is 5. The van der Waals surface area contributed by atoms with Gasteiger partial charge in [-0.3, -0.25) is 9.59 Å². The number of ketones is 2. The Bertz CT molecular complexity index is 2790. The van der Waals surface area contributed by atoms with Gasteiger partial charge in [-0.1, -0.05) is 59.7 Å². The molecular weight excluding hydrogens is 743 g/mol. The molecule has 13 heteroatoms. The third-order valence-electron chi connectivity index (χ3n) is 10.7. The highest BCUT2D eigenvalue weighted by Gasteiger charge is 2.52. The zero-order valence-corrected chi connectivity index (χ0v) is 31.2. The highest BCUT2D eigenvalue weighted by atomic mass is 32.1. The largest absolute Gasteiger partial charge is 0.301 e. The van der Waals surface area contributed by atoms with Gasteiger partial charge in [0.15, 0.2) is 17.3 Å². The van der Waals surface area contributed by atoms with Gasteiger partial charge in [0.05, 0.1) is 29.1 Å². The van der Waals surface area contributed by atoms with Crippen LogP contribution in [0.3, 0.4) is 0 Å². The molecule has 4 unspecified atom stereocenters. The maximum atomic E-state index is 14.3. The molecule has 3 heterocycles. The predicted molar refractivity (Wildman–Crippen MR) is 214 cm³/mol. The number of rotatable bonds is 5. The Labute approximate surface area is 319 Å². The second-order valence-corrected chi connectivity index (χ2v) is 16.1. The predicted octanol–water partition coefficient (Wildman–Crippen LogP) is 10.7. The molecule has 10 rings (SSSR count). The van der Waals surface area contributed by atoms with E-state index in [1.807, 2.05) is 6.07 Å². The molecule has 2 fully saturated rings. The van der Waals surface area contributed by atoms with Crippen molar-refractivity contribution in [2.24, 2.45) is 16.8 Å². The number of hydrogen-bond acceptors (Lipinski definition) is 11. The topological polar surface area (TPSA) is 101 Å². The van der Waals surface area contributed by atoms with Crippen molar-refractivity contribution in [3.63, 3.8) is 0 Å². The summed E-state index contributed by atoms with van der Waals surface area (Å²) >= 11 is 3.78. The van der Waals surface area contributed by atoms with Crippen LogP contribution in [0.15, 0.2) is 89.9 Å². The van der Waals surface area contributed by atoms with E-state index in [2.05, 4.69) is 105 Å². The van der Waals surface area contributed by atoms with E-state index in [1.165, 1.54) is 11.1 Å². The Morgan fingerprint density at radius 2 is 1.17 bits per heavy atom. The summed E-state index contributed by atoms with van der Waals surface area (Å²) in [5.74, 6) is -2.90. The molecule has 2 aliphatic rings. The molecule has 0 N–H and O–H groups in total. The van der Waals surface area contributed by atoms with E-state index < -0.39 is 35.7 Å². The van der Waals surface area contributed by atoms with Crippen LogP contribution in [0.5, 0.6) is 0 Å². The number of carbonyl (C=O) groups excluding carboxylic acids is 2. The number of aryl methyl sites for hydroxylation is 2. The van der Waals surface area contributed by atoms with Gasteiger partial charge in [0, 0.05) is 55.2 Å². The lowest BCUT2D eigenvalue weighted by Crippen LogP contribution is -2.35. The fourth-order valence-corrected chi connectivity index (χ4v) is 10.4. The van der Waals surface area contributed by atoms with Gasteiger partial charge in [-0.05, 0) is 63.1 Å². The highest BCUT2D eigenvalue weighted by Crippen LogP contribution is 2.51. The standard InChI is InChI=1S/C41H28F2N6O2S3/c1-19-7-11-21(12-8-19)49(22-13-9-20(2)10-14-22)41-24-6-4-3-5-23(24)40(52-41)29-15-25-26(33-35(29)47-53-45-33)18-32(36-34(25)46-54-48-36)44-37-38(50)27-16-30(42)31(43)17-28(27)39(37)51/h3-15,18,27-28,30-31H,16-17H2,1-2H3. The molecule has 266 valence electrons. The van der Waals surface area contributed by atoms with E-state index in [1.54, 1.807) is 17.4 Å². The van der Waals surface area contributed by atoms with Crippen molar-refractivity contribution in [3.8, 4) is 10.4 Å². The van der Waals surface area contributed by atoms with Crippen LogP contribution in [0.4, 0.5) is 30.8 Å². The van der Waals surface area contributed by atoms with Crippen molar-refractivity contribution in [1.29, 1.82) is 0 Å². The molecule has 0 spiro atoms. The average Bonchev–Trinajstić information content (AvgIpc) is 3.98. The monoisotopic (exact) mass is 770 g/mol. The van der Waals surface area contributed by atoms with Gasteiger partial charge in [-0.2, -0.15) is 17.5 Å². The van der Waals surface area contributed by atoms with E-state index in [-0.39, 0.29) is 24.2 Å². The Morgan fingerprint density at radius 1 is 0.648 bits per heavy atom. The minimum atomic E-state index is -1.78. The molecule has 2 aliphatic carbocycles. The van der Waals surface area contributed by atoms with Gasteiger partial charge < -0.3 is 4.90 Å². The van der Waals surface area contributed by atoms with Crippen molar-refractivity contribution >= 4 is 118 Å². The molecule has 0 saturated heterocycles. The van der Waals surface area contributed by atoms with Gasteiger partial charge in [0.2, 0.25) is 0 Å². The summed E-state index contributed by atoms with van der Waals surface area (Å²) in [6.45, 7) is 4.17. The van der Waals surface area contributed by atoms with Gasteiger partial charge in [-0.25, -0.2) is 13.8 Å². The SMILES string of the molecule is Cc1ccc(N(c2ccc(C)cc2)c2sc(-c3cc4c(cc(N=C5C(=O)C6CC(F)C(F)CC6C5=O)c5nsnc54)c4nsnc34)c3ccccc23)cc1. The van der Waals surface area contributed by atoms with E-state index in [4.69, 9.17) is 8.75 Å². The first-order valence-corrected chi connectivity index (χ1v) is 19.8. The van der Waals surface area contributed by atoms with E-state index in [0.717, 1.165) is 66.4 Å². The summed E-state index contributed by atoms with van der Waals surface area (Å²) in [4.78, 5) is 34.7. The van der Waals surface area contributed by atoms with Crippen LogP contribution in [-0.2, 0) is 9.59 Å². The van der Waals surface area contributed by atoms with E-state index >= 15 is 0 Å². The van der Waals surface area contributed by atoms with Crippen LogP contribution < -0.4 is 4.90 Å². The quantitative estimate of drug-likeness (QED) is 0.172. The number of thiophene rings is 1. The van der Waals surface area contributed by atoms with Gasteiger partial charge in [-0.15, -0.1) is 11.3 Å². The number of nitrogens with zero attached hydrogens (tertiary/aromatic N) is 6. The van der Waals surface area contributed by atoms with Crippen molar-refractivity contribution in [2.75, 3.05) is 4.90 Å². The minimum absolute atomic E-state index is 0.284. The zero-order valence-electron chi connectivity index (χ0n) is 28.8. The summed E-state index contributed by atoms with van der Waals surface area (Å²) in [6, 6.07) is 29.3. The molecule has 4 atom stereocenters. The summed E-state index contributed by atoms with van der Waals surface area (Å²) < 4.78 is 47.3. The second-order valence-electron chi connectivity index (χ2n) is 14.0. The first kappa shape index (κ1) is 33.2. The first-order chi connectivity index (χ1) is 26.2. The lowest BCUT2D eigenvalue weighted by atomic mass is 9.79. The number of carbonyl (C=O) groups is 2. The Morgan fingerprint density at radius 3 is 1.78 bits per heavy atom. The summed E-state index contributed by atoms with van der Waals surface area (Å²) in [5, 5.41) is 4.69. The smallest absolute Gasteiger partial charge is 0.188 e. The first-order valence-electron chi connectivity index (χ1n) is 17.5. The van der Waals surface area contributed by atoms with Crippen molar-refractivity contribution < 1.29 is 18.4 Å². The van der Waals surface area contributed by atoms with Crippen LogP contribution in [0, 0.1) is 25.7 Å². The van der Waals surface area contributed by atoms with Crippen LogP contribution in [0.2, 0.25) is 0 Å². The van der Waals surface area contributed by atoms with E-state index in [9.17, 15) is 18.4 Å². The van der Waals surface area contributed by atoms with Crippen LogP contribution >= 0.6 is 34.8 Å². The Hall–Kier alpha value is -5.37. The van der Waals surface area contributed by atoms with Crippen molar-refractivity contribution in [1.82, 2.24) is 17.5 Å². The number of fused-ring (bicyclic) bond motifs is 7. The average molecular weight is 771 g/mol. The summed E-state index contributed by atoms with van der Waals surface area (Å²) in [6.07, 6.45) is -4.19. The molecule has 5 aromatic carbocycles. The van der Waals surface area contributed by atoms with Gasteiger partial charge >= 0.3 is 0 Å². The number of halogens is 2. The number of alkyl halides is 2. The van der Waals surface area contributed by atoms with Crippen LogP contribution in [-0.4, -0.2) is 47.1 Å². The molecule has 8 aromatic rings. The molecular formula is C41H28F2N6O2S3. The number of Topliss-reactive ketones (excluding diaryl/α,β-unsaturated/α-hetero) is 2. The molecule has 3 aromatic heterocycles. The van der Waals surface area contributed by atoms with E-state index in [0.29, 0.717) is 27.5 Å². The lowest BCUT2D eigenvalue weighted by molar-refractivity contribution is -0.123. The zero-order chi connectivity index (χ0) is 36.8. The minimum Gasteiger partial charge on any atom is -0.301 e. The fraction of sp³-hybridized carbons (Fsp3) is 0.195. The van der Waals surface area contributed by atoms with Crippen LogP contribution in [0.25, 0.3) is 54.1 Å². The van der Waals surface area contributed by atoms with Crippen molar-refractivity contribution in [2.45, 2.75) is 39.0 Å². The molecule has 0 aliphatic heterocycles. The molecule has 0 bridgehead atoms. The number of aliphatic imine (C=N–C) groups is 1. The van der Waals surface area contributed by atoms with Gasteiger partial charge in [0.25, 0.3) is 0 Å². The van der Waals surface area contributed by atoms with Crippen LogP contribution in [0.1, 0.15) is 24.0 Å². The fourth-order valence-electron chi connectivity index (χ4n) is 7.90. The Kier molecular flexibility index (Phi) is 7.76. The number of aromatic nitrogens is 4.